The van der Waals surface area contributed by atoms with Crippen molar-refractivity contribution < 1.29 is 9.59 Å². The van der Waals surface area contributed by atoms with Crippen molar-refractivity contribution in [3.63, 3.8) is 0 Å². The van der Waals surface area contributed by atoms with E-state index >= 15 is 0 Å². The van der Waals surface area contributed by atoms with E-state index in [0.29, 0.717) is 37.6 Å². The zero-order valence-electron chi connectivity index (χ0n) is 18.1. The molecule has 0 bridgehead atoms. The van der Waals surface area contributed by atoms with Gasteiger partial charge in [0.1, 0.15) is 5.56 Å². The van der Waals surface area contributed by atoms with Gasteiger partial charge in [0, 0.05) is 38.6 Å². The average Bonchev–Trinajstić information content (AvgIpc) is 3.50. The fraction of sp³-hybridized carbons (Fsp3) is 0.375. The molecule has 1 aliphatic heterocycles. The molecule has 0 N–H and O–H groups in total. The second kappa shape index (κ2) is 9.20. The van der Waals surface area contributed by atoms with Gasteiger partial charge in [-0.1, -0.05) is 18.2 Å². The number of hydrogen-bond donors (Lipinski definition) is 0. The van der Waals surface area contributed by atoms with Gasteiger partial charge in [0.25, 0.3) is 5.91 Å². The first-order valence-electron chi connectivity index (χ1n) is 11.0. The molecular weight excluding hydrogens is 390 g/mol. The van der Waals surface area contributed by atoms with Crippen molar-refractivity contribution in [2.45, 2.75) is 26.7 Å². The van der Waals surface area contributed by atoms with E-state index in [1.807, 2.05) is 83.1 Å². The number of benzene rings is 1. The van der Waals surface area contributed by atoms with Crippen LogP contribution in [-0.2, 0) is 4.79 Å². The highest BCUT2D eigenvalue weighted by atomic mass is 16.2. The molecule has 7 nitrogen and oxygen atoms in total. The maximum Gasteiger partial charge on any atom is 0.259 e. The highest BCUT2D eigenvalue weighted by molar-refractivity contribution is 5.97. The van der Waals surface area contributed by atoms with E-state index in [1.54, 1.807) is 10.9 Å². The van der Waals surface area contributed by atoms with Gasteiger partial charge in [0.05, 0.1) is 17.8 Å². The summed E-state index contributed by atoms with van der Waals surface area (Å²) < 4.78 is 3.70. The number of rotatable bonds is 6. The first-order chi connectivity index (χ1) is 15.1. The maximum atomic E-state index is 13.6. The molecule has 31 heavy (non-hydrogen) atoms. The van der Waals surface area contributed by atoms with Crippen LogP contribution in [0.25, 0.3) is 11.5 Å². The Kier molecular flexibility index (Phi) is 6.21. The summed E-state index contributed by atoms with van der Waals surface area (Å²) in [5.41, 5.74) is 1.43. The van der Waals surface area contributed by atoms with E-state index in [2.05, 4.69) is 5.10 Å². The van der Waals surface area contributed by atoms with Crippen LogP contribution in [0.5, 0.6) is 0 Å². The predicted molar refractivity (Wildman–Crippen MR) is 119 cm³/mol. The van der Waals surface area contributed by atoms with Crippen molar-refractivity contribution in [2.75, 3.05) is 26.2 Å². The average molecular weight is 420 g/mol. The quantitative estimate of drug-likeness (QED) is 0.615. The van der Waals surface area contributed by atoms with Gasteiger partial charge in [-0.2, -0.15) is 5.10 Å². The van der Waals surface area contributed by atoms with E-state index in [-0.39, 0.29) is 17.7 Å². The minimum atomic E-state index is -0.142. The first-order valence-corrected chi connectivity index (χ1v) is 11.0. The monoisotopic (exact) mass is 419 g/mol. The Hall–Kier alpha value is -3.35. The Morgan fingerprint density at radius 2 is 1.77 bits per heavy atom. The molecule has 1 saturated heterocycles. The molecular formula is C24H29N5O2. The highest BCUT2D eigenvalue weighted by Gasteiger charge is 2.32. The summed E-state index contributed by atoms with van der Waals surface area (Å²) in [4.78, 5) is 30.1. The molecule has 0 radical (unpaired) electrons. The van der Waals surface area contributed by atoms with Crippen molar-refractivity contribution in [1.82, 2.24) is 24.1 Å². The smallest absolute Gasteiger partial charge is 0.259 e. The van der Waals surface area contributed by atoms with Crippen LogP contribution in [0.2, 0.25) is 0 Å². The Morgan fingerprint density at radius 1 is 1.06 bits per heavy atom. The van der Waals surface area contributed by atoms with Gasteiger partial charge in [0.15, 0.2) is 5.82 Å². The van der Waals surface area contributed by atoms with E-state index in [0.717, 1.165) is 18.5 Å². The van der Waals surface area contributed by atoms with Gasteiger partial charge in [-0.15, -0.1) is 0 Å². The summed E-state index contributed by atoms with van der Waals surface area (Å²) in [6.45, 7) is 6.49. The van der Waals surface area contributed by atoms with Crippen molar-refractivity contribution in [1.29, 1.82) is 0 Å². The lowest BCUT2D eigenvalue weighted by Crippen LogP contribution is -2.46. The molecule has 1 unspecified atom stereocenters. The summed E-state index contributed by atoms with van der Waals surface area (Å²) in [5, 5.41) is 4.54. The third-order valence-electron chi connectivity index (χ3n) is 5.96. The largest absolute Gasteiger partial charge is 0.343 e. The van der Waals surface area contributed by atoms with Gasteiger partial charge in [-0.3, -0.25) is 9.59 Å². The summed E-state index contributed by atoms with van der Waals surface area (Å²) >= 11 is 0. The van der Waals surface area contributed by atoms with Crippen LogP contribution in [0.1, 0.15) is 37.0 Å². The molecule has 7 heteroatoms. The minimum Gasteiger partial charge on any atom is -0.343 e. The van der Waals surface area contributed by atoms with Gasteiger partial charge in [0.2, 0.25) is 5.91 Å². The third-order valence-corrected chi connectivity index (χ3v) is 5.96. The zero-order valence-corrected chi connectivity index (χ0v) is 18.1. The molecule has 2 aromatic heterocycles. The first kappa shape index (κ1) is 20.9. The summed E-state index contributed by atoms with van der Waals surface area (Å²) in [6.07, 6.45) is 7.12. The number of aromatic nitrogens is 3. The Morgan fingerprint density at radius 3 is 2.45 bits per heavy atom. The molecule has 3 aromatic rings. The number of carbonyl (C=O) groups excluding carboxylic acids is 2. The van der Waals surface area contributed by atoms with Gasteiger partial charge in [-0.25, -0.2) is 4.68 Å². The van der Waals surface area contributed by atoms with Crippen LogP contribution in [0, 0.1) is 5.92 Å². The second-order valence-electron chi connectivity index (χ2n) is 7.82. The minimum absolute atomic E-state index is 0.0806. The molecule has 0 saturated carbocycles. The van der Waals surface area contributed by atoms with Crippen LogP contribution in [-0.4, -0.2) is 62.1 Å². The number of carbonyl (C=O) groups is 2. The number of hydrogen-bond acceptors (Lipinski definition) is 3. The molecule has 162 valence electrons. The number of para-hydroxylation sites is 1. The zero-order chi connectivity index (χ0) is 21.8. The SMILES string of the molecule is CCN(CC)C(=O)C1CCCN(C(=O)c2cnn(-c3ccccc3)c2-n2cccc2)C1. The fourth-order valence-electron chi connectivity index (χ4n) is 4.30. The van der Waals surface area contributed by atoms with Crippen molar-refractivity contribution >= 4 is 11.8 Å². The standard InChI is InChI=1S/C24H29N5O2/c1-3-26(4-2)23(30)19-11-10-16-28(18-19)24(31)21-17-25-29(20-12-6-5-7-13-20)22(21)27-14-8-9-15-27/h5-9,12-15,17,19H,3-4,10-11,16,18H2,1-2H3. The molecule has 1 aromatic carbocycles. The molecule has 4 rings (SSSR count). The molecule has 1 aliphatic rings. The van der Waals surface area contributed by atoms with Crippen LogP contribution in [0.15, 0.2) is 61.1 Å². The van der Waals surface area contributed by atoms with Crippen LogP contribution >= 0.6 is 0 Å². The van der Waals surface area contributed by atoms with Gasteiger partial charge < -0.3 is 14.4 Å². The van der Waals surface area contributed by atoms with Gasteiger partial charge >= 0.3 is 0 Å². The molecule has 0 spiro atoms. The normalized spacial score (nSPS) is 16.3. The highest BCUT2D eigenvalue weighted by Crippen LogP contribution is 2.25. The van der Waals surface area contributed by atoms with E-state index in [9.17, 15) is 9.59 Å². The van der Waals surface area contributed by atoms with Crippen molar-refractivity contribution in [3.8, 4) is 11.5 Å². The Labute approximate surface area is 182 Å². The summed E-state index contributed by atoms with van der Waals surface area (Å²) in [6, 6.07) is 13.6. The fourth-order valence-corrected chi connectivity index (χ4v) is 4.30. The predicted octanol–water partition coefficient (Wildman–Crippen LogP) is 3.38. The molecule has 2 amide bonds. The van der Waals surface area contributed by atoms with Crippen LogP contribution < -0.4 is 0 Å². The number of piperidine rings is 1. The van der Waals surface area contributed by atoms with E-state index < -0.39 is 0 Å². The lowest BCUT2D eigenvalue weighted by molar-refractivity contribution is -0.136. The molecule has 0 aliphatic carbocycles. The van der Waals surface area contributed by atoms with Gasteiger partial charge in [-0.05, 0) is 51.0 Å². The third kappa shape index (κ3) is 4.13. The lowest BCUT2D eigenvalue weighted by atomic mass is 9.96. The van der Waals surface area contributed by atoms with Crippen LogP contribution in [0.4, 0.5) is 0 Å². The molecule has 1 atom stereocenters. The number of nitrogens with zero attached hydrogens (tertiary/aromatic N) is 5. The Bertz CT molecular complexity index is 1020. The maximum absolute atomic E-state index is 13.6. The van der Waals surface area contributed by atoms with E-state index in [1.165, 1.54) is 0 Å². The van der Waals surface area contributed by atoms with Crippen LogP contribution in [0.3, 0.4) is 0 Å². The molecule has 1 fully saturated rings. The summed E-state index contributed by atoms with van der Waals surface area (Å²) in [7, 11) is 0. The second-order valence-corrected chi connectivity index (χ2v) is 7.82. The topological polar surface area (TPSA) is 63.4 Å². The van der Waals surface area contributed by atoms with E-state index in [4.69, 9.17) is 0 Å². The number of amides is 2. The summed E-state index contributed by atoms with van der Waals surface area (Å²) in [5.74, 6) is 0.631. The Balaban J connectivity index is 1.64. The number of likely N-dealkylation sites (tertiary alicyclic amines) is 1. The lowest BCUT2D eigenvalue weighted by Gasteiger charge is -2.34. The van der Waals surface area contributed by atoms with Crippen molar-refractivity contribution in [3.05, 3.63) is 66.6 Å². The molecule has 3 heterocycles. The van der Waals surface area contributed by atoms with Crippen molar-refractivity contribution in [2.24, 2.45) is 5.92 Å².